The van der Waals surface area contributed by atoms with Crippen LogP contribution in [0.25, 0.3) is 21.9 Å². The van der Waals surface area contributed by atoms with Crippen molar-refractivity contribution < 1.29 is 14.3 Å². The maximum Gasteiger partial charge on any atom is 0.323 e. The lowest BCUT2D eigenvalue weighted by Gasteiger charge is -2.25. The first-order valence-electron chi connectivity index (χ1n) is 12.4. The Bertz CT molecular complexity index is 1640. The van der Waals surface area contributed by atoms with Crippen LogP contribution in [0.1, 0.15) is 19.3 Å². The van der Waals surface area contributed by atoms with Crippen molar-refractivity contribution >= 4 is 57.5 Å². The molecule has 0 atom stereocenters. The maximum atomic E-state index is 11.6. The molecular formula is C26H27N9O4. The average molecular weight is 530 g/mol. The van der Waals surface area contributed by atoms with Crippen molar-refractivity contribution in [3.8, 4) is 0 Å². The molecule has 0 saturated carbocycles. The third kappa shape index (κ3) is 6.21. The Hall–Kier alpha value is -5.20. The first-order valence-corrected chi connectivity index (χ1v) is 12.4. The molecule has 0 aliphatic rings. The molecule has 0 fully saturated rings. The van der Waals surface area contributed by atoms with Crippen molar-refractivity contribution in [2.45, 2.75) is 19.3 Å². The Morgan fingerprint density at radius 3 is 2.85 bits per heavy atom. The fourth-order valence-corrected chi connectivity index (χ4v) is 4.31. The van der Waals surface area contributed by atoms with Gasteiger partial charge in [0.05, 0.1) is 28.4 Å². The molecule has 3 aromatic heterocycles. The summed E-state index contributed by atoms with van der Waals surface area (Å²) in [4.78, 5) is 50.2. The molecule has 5 rings (SSSR count). The molecule has 0 aliphatic carbocycles. The SMILES string of the molecule is O=COCC(=O)NCCCCCN(c1ccnc(Nc2ccc3[nH]c(=O)[nH]c3c2)n1)c1cccc2[nH]ncc12. The van der Waals surface area contributed by atoms with E-state index < -0.39 is 0 Å². The van der Waals surface area contributed by atoms with Gasteiger partial charge in [-0.1, -0.05) is 6.07 Å². The lowest BCUT2D eigenvalue weighted by atomic mass is 10.1. The van der Waals surface area contributed by atoms with E-state index in [4.69, 9.17) is 4.98 Å². The van der Waals surface area contributed by atoms with Crippen LogP contribution in [0.5, 0.6) is 0 Å². The topological polar surface area (TPSA) is 174 Å². The van der Waals surface area contributed by atoms with Crippen LogP contribution in [0, 0.1) is 0 Å². The van der Waals surface area contributed by atoms with Crippen LogP contribution < -0.4 is 21.2 Å². The van der Waals surface area contributed by atoms with Crippen molar-refractivity contribution in [1.29, 1.82) is 0 Å². The highest BCUT2D eigenvalue weighted by Crippen LogP contribution is 2.31. The Labute approximate surface area is 222 Å². The number of imidazole rings is 1. The predicted octanol–water partition coefficient (Wildman–Crippen LogP) is 2.86. The molecule has 13 heteroatoms. The minimum Gasteiger partial charge on any atom is -0.458 e. The average Bonchev–Trinajstić information content (AvgIpc) is 3.57. The molecule has 13 nitrogen and oxygen atoms in total. The Morgan fingerprint density at radius 1 is 1.05 bits per heavy atom. The standard InChI is InChI=1S/C26H27N9O4/c36-16-39-15-24(37)27-10-2-1-3-12-35(22-6-4-5-19-18(22)14-29-34-19)23-9-11-28-25(33-23)30-17-7-8-20-21(13-17)32-26(38)31-20/h4-9,11,13-14,16H,1-3,10,12,15H2,(H,27,37)(H,29,34)(H,28,30,33)(H2,31,32,38). The van der Waals surface area contributed by atoms with Crippen LogP contribution in [0.15, 0.2) is 59.7 Å². The number of ether oxygens (including phenoxy) is 1. The number of carbonyl (C=O) groups excluding carboxylic acids is 2. The van der Waals surface area contributed by atoms with Gasteiger partial charge in [0, 0.05) is 30.4 Å². The van der Waals surface area contributed by atoms with Crippen molar-refractivity contribution in [2.24, 2.45) is 0 Å². The molecule has 5 N–H and O–H groups in total. The first kappa shape index (κ1) is 25.4. The number of H-pyrrole nitrogens is 3. The normalized spacial score (nSPS) is 11.0. The summed E-state index contributed by atoms with van der Waals surface area (Å²) in [6.07, 6.45) is 5.95. The quantitative estimate of drug-likeness (QED) is 0.113. The van der Waals surface area contributed by atoms with Crippen molar-refractivity contribution in [3.63, 3.8) is 0 Å². The Balaban J connectivity index is 1.31. The predicted molar refractivity (Wildman–Crippen MR) is 146 cm³/mol. The number of hydrogen-bond acceptors (Lipinski definition) is 9. The van der Waals surface area contributed by atoms with Crippen LogP contribution in [0.3, 0.4) is 0 Å². The number of benzene rings is 2. The fourth-order valence-electron chi connectivity index (χ4n) is 4.31. The second kappa shape index (κ2) is 11.9. The van der Waals surface area contributed by atoms with Crippen LogP contribution in [0.2, 0.25) is 0 Å². The second-order valence-electron chi connectivity index (χ2n) is 8.78. The number of hydrogen-bond donors (Lipinski definition) is 5. The molecule has 0 aliphatic heterocycles. The van der Waals surface area contributed by atoms with Gasteiger partial charge in [-0.25, -0.2) is 9.78 Å². The largest absolute Gasteiger partial charge is 0.458 e. The van der Waals surface area contributed by atoms with E-state index in [-0.39, 0.29) is 24.7 Å². The molecule has 0 radical (unpaired) electrons. The van der Waals surface area contributed by atoms with E-state index in [0.717, 1.165) is 41.5 Å². The lowest BCUT2D eigenvalue weighted by Crippen LogP contribution is -2.28. The summed E-state index contributed by atoms with van der Waals surface area (Å²) in [7, 11) is 0. The number of fused-ring (bicyclic) bond motifs is 2. The summed E-state index contributed by atoms with van der Waals surface area (Å²) in [6, 6.07) is 13.3. The molecule has 0 spiro atoms. The number of anilines is 4. The molecule has 0 bridgehead atoms. The van der Waals surface area contributed by atoms with Gasteiger partial charge in [-0.3, -0.25) is 14.7 Å². The van der Waals surface area contributed by atoms with Gasteiger partial charge in [-0.15, -0.1) is 0 Å². The van der Waals surface area contributed by atoms with Gasteiger partial charge in [0.25, 0.3) is 12.4 Å². The van der Waals surface area contributed by atoms with Gasteiger partial charge in [-0.05, 0) is 55.7 Å². The van der Waals surface area contributed by atoms with Crippen LogP contribution in [0.4, 0.5) is 23.1 Å². The molecule has 0 saturated heterocycles. The minimum atomic E-state index is -0.321. The Morgan fingerprint density at radius 2 is 1.95 bits per heavy atom. The van der Waals surface area contributed by atoms with Crippen molar-refractivity contribution in [3.05, 3.63) is 65.3 Å². The Kier molecular flexibility index (Phi) is 7.76. The number of rotatable bonds is 13. The zero-order chi connectivity index (χ0) is 27.0. The number of nitrogens with one attached hydrogen (secondary N) is 5. The van der Waals surface area contributed by atoms with E-state index in [2.05, 4.69) is 45.4 Å². The molecule has 5 aromatic rings. The summed E-state index contributed by atoms with van der Waals surface area (Å²) in [5.41, 5.74) is 3.74. The fraction of sp³-hybridized carbons (Fsp3) is 0.231. The van der Waals surface area contributed by atoms with Gasteiger partial charge in [0.15, 0.2) is 6.61 Å². The number of aromatic nitrogens is 6. The number of nitrogens with zero attached hydrogens (tertiary/aromatic N) is 4. The monoisotopic (exact) mass is 529 g/mol. The highest BCUT2D eigenvalue weighted by atomic mass is 16.5. The number of unbranched alkanes of at least 4 members (excludes halogenated alkanes) is 2. The summed E-state index contributed by atoms with van der Waals surface area (Å²) in [6.45, 7) is 1.15. The number of carbonyl (C=O) groups is 2. The van der Waals surface area contributed by atoms with E-state index in [1.165, 1.54) is 0 Å². The van der Waals surface area contributed by atoms with Crippen molar-refractivity contribution in [2.75, 3.05) is 29.9 Å². The van der Waals surface area contributed by atoms with Crippen molar-refractivity contribution in [1.82, 2.24) is 35.5 Å². The van der Waals surface area contributed by atoms with Crippen LogP contribution in [-0.4, -0.2) is 62.2 Å². The van der Waals surface area contributed by atoms with Crippen LogP contribution in [-0.2, 0) is 14.3 Å². The first-order chi connectivity index (χ1) is 19.1. The van der Waals surface area contributed by atoms with Gasteiger partial charge in [0.1, 0.15) is 5.82 Å². The minimum absolute atomic E-state index is 0.255. The lowest BCUT2D eigenvalue weighted by molar-refractivity contribution is -0.137. The smallest absolute Gasteiger partial charge is 0.323 e. The molecule has 3 heterocycles. The zero-order valence-electron chi connectivity index (χ0n) is 20.9. The third-order valence-corrected chi connectivity index (χ3v) is 6.11. The highest BCUT2D eigenvalue weighted by molar-refractivity contribution is 5.93. The molecule has 2 aromatic carbocycles. The second-order valence-corrected chi connectivity index (χ2v) is 8.78. The van der Waals surface area contributed by atoms with E-state index >= 15 is 0 Å². The third-order valence-electron chi connectivity index (χ3n) is 6.11. The summed E-state index contributed by atoms with van der Waals surface area (Å²) in [5, 5.41) is 14.1. The van der Waals surface area contributed by atoms with Gasteiger partial charge in [0.2, 0.25) is 5.95 Å². The molecule has 200 valence electrons. The van der Waals surface area contributed by atoms with E-state index in [0.29, 0.717) is 35.9 Å². The van der Waals surface area contributed by atoms with Gasteiger partial charge < -0.3 is 30.2 Å². The van der Waals surface area contributed by atoms with Gasteiger partial charge >= 0.3 is 5.69 Å². The summed E-state index contributed by atoms with van der Waals surface area (Å²) in [5.74, 6) is 0.796. The molecular weight excluding hydrogens is 502 g/mol. The van der Waals surface area contributed by atoms with Gasteiger partial charge in [-0.2, -0.15) is 10.1 Å². The molecule has 0 unspecified atom stereocenters. The number of aromatic amines is 3. The van der Waals surface area contributed by atoms with Crippen LogP contribution >= 0.6 is 0 Å². The number of amides is 1. The zero-order valence-corrected chi connectivity index (χ0v) is 20.9. The molecule has 39 heavy (non-hydrogen) atoms. The van der Waals surface area contributed by atoms with E-state index in [9.17, 15) is 14.4 Å². The van der Waals surface area contributed by atoms with E-state index in [1.807, 2.05) is 42.5 Å². The summed E-state index contributed by atoms with van der Waals surface area (Å²) >= 11 is 0. The maximum absolute atomic E-state index is 11.6. The summed E-state index contributed by atoms with van der Waals surface area (Å²) < 4.78 is 4.46. The van der Waals surface area contributed by atoms with E-state index in [1.54, 1.807) is 12.4 Å². The molecule has 1 amide bonds. The highest BCUT2D eigenvalue weighted by Gasteiger charge is 2.16.